The molecule has 1 N–H and O–H groups in total. The Kier molecular flexibility index (Phi) is 2.85. The lowest BCUT2D eigenvalue weighted by molar-refractivity contribution is 0.488. The quantitative estimate of drug-likeness (QED) is 0.773. The minimum absolute atomic E-state index is 0.427. The molecule has 2 nitrogen and oxygen atoms in total. The van der Waals surface area contributed by atoms with Gasteiger partial charge >= 0.3 is 0 Å². The maximum Gasteiger partial charge on any atom is 0.101 e. The molecule has 0 bridgehead atoms. The third kappa shape index (κ3) is 2.65. The summed E-state index contributed by atoms with van der Waals surface area (Å²) in [7, 11) is 0. The molecule has 0 saturated heterocycles. The molecular formula is C9H12N2S. The highest BCUT2D eigenvalue weighted by atomic mass is 32.1. The minimum atomic E-state index is -0.427. The largest absolute Gasteiger partial charge is 0.295 e. The standard InChI is InChI=1S/C9H12N2S/c1-9(2,7-10)11-6-8-4-3-5-12-8/h3-5,11H,6H2,1-2H3. The van der Waals surface area contributed by atoms with Gasteiger partial charge in [0.05, 0.1) is 6.07 Å². The molecule has 0 aliphatic rings. The van der Waals surface area contributed by atoms with Crippen LogP contribution >= 0.6 is 11.3 Å². The molecule has 0 amide bonds. The van der Waals surface area contributed by atoms with Gasteiger partial charge in [-0.2, -0.15) is 5.26 Å². The van der Waals surface area contributed by atoms with Gasteiger partial charge in [0, 0.05) is 11.4 Å². The van der Waals surface area contributed by atoms with Crippen LogP contribution in [0, 0.1) is 11.3 Å². The van der Waals surface area contributed by atoms with Crippen molar-refractivity contribution in [3.05, 3.63) is 22.4 Å². The first kappa shape index (κ1) is 9.24. The van der Waals surface area contributed by atoms with Crippen LogP contribution in [-0.4, -0.2) is 5.54 Å². The predicted molar refractivity (Wildman–Crippen MR) is 50.9 cm³/mol. The van der Waals surface area contributed by atoms with Gasteiger partial charge in [0.2, 0.25) is 0 Å². The molecule has 0 unspecified atom stereocenters. The van der Waals surface area contributed by atoms with Crippen molar-refractivity contribution in [2.75, 3.05) is 0 Å². The smallest absolute Gasteiger partial charge is 0.101 e. The normalized spacial score (nSPS) is 11.1. The average Bonchev–Trinajstić information content (AvgIpc) is 2.53. The van der Waals surface area contributed by atoms with Crippen LogP contribution in [-0.2, 0) is 6.54 Å². The van der Waals surface area contributed by atoms with Crippen molar-refractivity contribution in [2.45, 2.75) is 25.9 Å². The zero-order valence-electron chi connectivity index (χ0n) is 7.29. The third-order valence-corrected chi connectivity index (χ3v) is 2.44. The Morgan fingerprint density at radius 1 is 1.67 bits per heavy atom. The Labute approximate surface area is 76.8 Å². The van der Waals surface area contributed by atoms with Crippen LogP contribution in [0.3, 0.4) is 0 Å². The van der Waals surface area contributed by atoms with Crippen LogP contribution in [0.2, 0.25) is 0 Å². The van der Waals surface area contributed by atoms with Gasteiger partial charge in [-0.15, -0.1) is 11.3 Å². The summed E-state index contributed by atoms with van der Waals surface area (Å²) < 4.78 is 0. The second-order valence-corrected chi connectivity index (χ2v) is 4.20. The van der Waals surface area contributed by atoms with E-state index in [1.807, 2.05) is 25.3 Å². The van der Waals surface area contributed by atoms with Crippen LogP contribution in [0.5, 0.6) is 0 Å². The molecule has 0 aromatic carbocycles. The Morgan fingerprint density at radius 3 is 2.92 bits per heavy atom. The summed E-state index contributed by atoms with van der Waals surface area (Å²) in [6, 6.07) is 6.27. The van der Waals surface area contributed by atoms with Crippen LogP contribution < -0.4 is 5.32 Å². The monoisotopic (exact) mass is 180 g/mol. The van der Waals surface area contributed by atoms with Crippen LogP contribution in [0.4, 0.5) is 0 Å². The number of nitrogens with zero attached hydrogens (tertiary/aromatic N) is 1. The zero-order chi connectivity index (χ0) is 9.03. The molecule has 3 heteroatoms. The molecule has 64 valence electrons. The molecule has 1 aromatic heterocycles. The lowest BCUT2D eigenvalue weighted by Crippen LogP contribution is -2.36. The van der Waals surface area contributed by atoms with Crippen LogP contribution in [0.15, 0.2) is 17.5 Å². The van der Waals surface area contributed by atoms with Gasteiger partial charge in [0.1, 0.15) is 5.54 Å². The number of nitrogens with one attached hydrogen (secondary N) is 1. The van der Waals surface area contributed by atoms with Crippen molar-refractivity contribution >= 4 is 11.3 Å². The van der Waals surface area contributed by atoms with Crippen molar-refractivity contribution in [2.24, 2.45) is 0 Å². The van der Waals surface area contributed by atoms with E-state index in [2.05, 4.69) is 17.5 Å². The molecule has 0 radical (unpaired) electrons. The number of nitriles is 1. The summed E-state index contributed by atoms with van der Waals surface area (Å²) in [5.74, 6) is 0. The first-order valence-corrected chi connectivity index (χ1v) is 4.71. The van der Waals surface area contributed by atoms with Crippen molar-refractivity contribution in [1.29, 1.82) is 5.26 Å². The highest BCUT2D eigenvalue weighted by molar-refractivity contribution is 7.09. The van der Waals surface area contributed by atoms with E-state index in [1.54, 1.807) is 11.3 Å². The van der Waals surface area contributed by atoms with Gasteiger partial charge in [-0.25, -0.2) is 0 Å². The molecular weight excluding hydrogens is 168 g/mol. The Balaban J connectivity index is 2.42. The second kappa shape index (κ2) is 3.70. The van der Waals surface area contributed by atoms with Gasteiger partial charge < -0.3 is 0 Å². The molecule has 0 saturated carbocycles. The van der Waals surface area contributed by atoms with Gasteiger partial charge in [-0.3, -0.25) is 5.32 Å². The summed E-state index contributed by atoms with van der Waals surface area (Å²) in [5.41, 5.74) is -0.427. The van der Waals surface area contributed by atoms with Crippen LogP contribution in [0.25, 0.3) is 0 Å². The van der Waals surface area contributed by atoms with Crippen molar-refractivity contribution in [1.82, 2.24) is 5.32 Å². The van der Waals surface area contributed by atoms with E-state index >= 15 is 0 Å². The lowest BCUT2D eigenvalue weighted by Gasteiger charge is -2.16. The Hall–Kier alpha value is -0.850. The Bertz CT molecular complexity index is 269. The summed E-state index contributed by atoms with van der Waals surface area (Å²) in [6.45, 7) is 4.53. The molecule has 1 aromatic rings. The molecule has 0 atom stereocenters. The molecule has 0 aliphatic carbocycles. The first-order valence-electron chi connectivity index (χ1n) is 3.83. The second-order valence-electron chi connectivity index (χ2n) is 3.17. The summed E-state index contributed by atoms with van der Waals surface area (Å²) in [6.07, 6.45) is 0. The lowest BCUT2D eigenvalue weighted by atomic mass is 10.1. The zero-order valence-corrected chi connectivity index (χ0v) is 8.11. The van der Waals surface area contributed by atoms with E-state index in [4.69, 9.17) is 5.26 Å². The fourth-order valence-corrected chi connectivity index (χ4v) is 1.41. The topological polar surface area (TPSA) is 35.8 Å². The first-order chi connectivity index (χ1) is 5.64. The minimum Gasteiger partial charge on any atom is -0.295 e. The third-order valence-electron chi connectivity index (χ3n) is 1.56. The highest BCUT2D eigenvalue weighted by Crippen LogP contribution is 2.09. The number of hydrogen-bond acceptors (Lipinski definition) is 3. The molecule has 0 fully saturated rings. The van der Waals surface area contributed by atoms with Gasteiger partial charge in [-0.1, -0.05) is 6.07 Å². The molecule has 1 heterocycles. The SMILES string of the molecule is CC(C)(C#N)NCc1cccs1. The summed E-state index contributed by atoms with van der Waals surface area (Å²) in [4.78, 5) is 1.26. The maximum absolute atomic E-state index is 8.71. The number of rotatable bonds is 3. The number of thiophene rings is 1. The van der Waals surface area contributed by atoms with Gasteiger partial charge in [-0.05, 0) is 25.3 Å². The molecule has 0 aliphatic heterocycles. The van der Waals surface area contributed by atoms with E-state index < -0.39 is 5.54 Å². The number of hydrogen-bond donors (Lipinski definition) is 1. The highest BCUT2D eigenvalue weighted by Gasteiger charge is 2.14. The van der Waals surface area contributed by atoms with Crippen molar-refractivity contribution < 1.29 is 0 Å². The molecule has 0 spiro atoms. The van der Waals surface area contributed by atoms with Gasteiger partial charge in [0.25, 0.3) is 0 Å². The fourth-order valence-electron chi connectivity index (χ4n) is 0.761. The van der Waals surface area contributed by atoms with Crippen molar-refractivity contribution in [3.8, 4) is 6.07 Å². The maximum atomic E-state index is 8.71. The predicted octanol–water partition coefficient (Wildman–Crippen LogP) is 2.14. The molecule has 12 heavy (non-hydrogen) atoms. The van der Waals surface area contributed by atoms with E-state index in [9.17, 15) is 0 Å². The average molecular weight is 180 g/mol. The van der Waals surface area contributed by atoms with E-state index in [0.717, 1.165) is 6.54 Å². The fraction of sp³-hybridized carbons (Fsp3) is 0.444. The van der Waals surface area contributed by atoms with Crippen LogP contribution in [0.1, 0.15) is 18.7 Å². The van der Waals surface area contributed by atoms with Crippen molar-refractivity contribution in [3.63, 3.8) is 0 Å². The summed E-state index contributed by atoms with van der Waals surface area (Å²) in [5, 5.41) is 13.9. The van der Waals surface area contributed by atoms with E-state index in [-0.39, 0.29) is 0 Å². The summed E-state index contributed by atoms with van der Waals surface area (Å²) >= 11 is 1.70. The van der Waals surface area contributed by atoms with E-state index in [1.165, 1.54) is 4.88 Å². The van der Waals surface area contributed by atoms with E-state index in [0.29, 0.717) is 0 Å². The molecule has 1 rings (SSSR count). The van der Waals surface area contributed by atoms with Gasteiger partial charge in [0.15, 0.2) is 0 Å². The Morgan fingerprint density at radius 2 is 2.42 bits per heavy atom.